The second kappa shape index (κ2) is 9.21. The molecule has 0 N–H and O–H groups in total. The van der Waals surface area contributed by atoms with E-state index in [2.05, 4.69) is 12.5 Å². The fourth-order valence-electron chi connectivity index (χ4n) is 2.62. The molecule has 0 aromatic heterocycles. The second-order valence-corrected chi connectivity index (χ2v) is 7.76. The van der Waals surface area contributed by atoms with Crippen LogP contribution in [0.1, 0.15) is 11.6 Å². The van der Waals surface area contributed by atoms with Crippen molar-refractivity contribution >= 4 is 21.6 Å². The lowest BCUT2D eigenvalue weighted by Crippen LogP contribution is -2.36. The summed E-state index contributed by atoms with van der Waals surface area (Å²) < 4.78 is 27.7. The molecule has 2 rings (SSSR count). The standard InChI is InChI=1S/C21H17ClN2O2S/c1-3-10-17(16-23)21(19-13-8-9-14-20(19)22)24(15-4-2)27(25,26)18-11-6-5-7-12-18/h2-3,5-14,21H,1,15H2/b17-10+. The maximum absolute atomic E-state index is 13.3. The summed E-state index contributed by atoms with van der Waals surface area (Å²) >= 11 is 6.32. The molecule has 2 aromatic rings. The average Bonchev–Trinajstić information content (AvgIpc) is 2.68. The monoisotopic (exact) mass is 396 g/mol. The van der Waals surface area contributed by atoms with Crippen LogP contribution < -0.4 is 0 Å². The van der Waals surface area contributed by atoms with Gasteiger partial charge in [-0.3, -0.25) is 0 Å². The van der Waals surface area contributed by atoms with E-state index in [1.54, 1.807) is 42.5 Å². The van der Waals surface area contributed by atoms with Crippen LogP contribution in [0.4, 0.5) is 0 Å². The van der Waals surface area contributed by atoms with Gasteiger partial charge in [0.25, 0.3) is 0 Å². The summed E-state index contributed by atoms with van der Waals surface area (Å²) in [6.07, 6.45) is 8.34. The van der Waals surface area contributed by atoms with E-state index in [9.17, 15) is 13.7 Å². The number of hydrogen-bond acceptors (Lipinski definition) is 3. The Labute approximate surface area is 165 Å². The normalized spacial score (nSPS) is 12.8. The number of halogens is 1. The molecule has 0 heterocycles. The number of nitriles is 1. The molecule has 4 nitrogen and oxygen atoms in total. The van der Waals surface area contributed by atoms with Crippen LogP contribution in [0.25, 0.3) is 0 Å². The summed E-state index contributed by atoms with van der Waals surface area (Å²) in [6.45, 7) is 3.37. The average molecular weight is 397 g/mol. The van der Waals surface area contributed by atoms with Gasteiger partial charge in [0.2, 0.25) is 10.0 Å². The van der Waals surface area contributed by atoms with Gasteiger partial charge >= 0.3 is 0 Å². The molecule has 0 spiro atoms. The number of benzene rings is 2. The molecule has 6 heteroatoms. The lowest BCUT2D eigenvalue weighted by atomic mass is 9.99. The number of terminal acetylenes is 1. The number of rotatable bonds is 7. The fourth-order valence-corrected chi connectivity index (χ4v) is 4.38. The molecule has 136 valence electrons. The topological polar surface area (TPSA) is 61.2 Å². The molecule has 0 aliphatic carbocycles. The highest BCUT2D eigenvalue weighted by molar-refractivity contribution is 7.89. The van der Waals surface area contributed by atoms with Gasteiger partial charge in [-0.15, -0.1) is 6.42 Å². The molecule has 1 atom stereocenters. The van der Waals surface area contributed by atoms with Gasteiger partial charge in [-0.2, -0.15) is 9.57 Å². The van der Waals surface area contributed by atoms with E-state index in [0.717, 1.165) is 4.31 Å². The Hall–Kier alpha value is -2.83. The van der Waals surface area contributed by atoms with Gasteiger partial charge in [-0.1, -0.05) is 66.6 Å². The van der Waals surface area contributed by atoms with Gasteiger partial charge in [0.05, 0.1) is 29.1 Å². The Morgan fingerprint density at radius 2 is 1.85 bits per heavy atom. The predicted octanol–water partition coefficient (Wildman–Crippen LogP) is 4.34. The summed E-state index contributed by atoms with van der Waals surface area (Å²) in [4.78, 5) is 0.0770. The molecule has 1 unspecified atom stereocenters. The first-order chi connectivity index (χ1) is 13.0. The summed E-state index contributed by atoms with van der Waals surface area (Å²) in [5, 5.41) is 9.98. The third kappa shape index (κ3) is 4.48. The van der Waals surface area contributed by atoms with Crippen LogP contribution in [-0.2, 0) is 10.0 Å². The van der Waals surface area contributed by atoms with E-state index >= 15 is 0 Å². The number of nitrogens with zero attached hydrogens (tertiary/aromatic N) is 2. The highest BCUT2D eigenvalue weighted by Gasteiger charge is 2.35. The van der Waals surface area contributed by atoms with Gasteiger partial charge in [0.15, 0.2) is 0 Å². The lowest BCUT2D eigenvalue weighted by Gasteiger charge is -2.30. The van der Waals surface area contributed by atoms with Crippen LogP contribution in [0.2, 0.25) is 5.02 Å². The minimum atomic E-state index is -3.99. The van der Waals surface area contributed by atoms with E-state index in [1.807, 2.05) is 6.07 Å². The first kappa shape index (κ1) is 20.5. The Morgan fingerprint density at radius 1 is 1.22 bits per heavy atom. The third-order valence-electron chi connectivity index (χ3n) is 3.81. The molecule has 27 heavy (non-hydrogen) atoms. The summed E-state index contributed by atoms with van der Waals surface area (Å²) in [7, 11) is -3.99. The molecule has 0 fully saturated rings. The highest BCUT2D eigenvalue weighted by atomic mass is 35.5. The lowest BCUT2D eigenvalue weighted by molar-refractivity contribution is 0.394. The molecular weight excluding hydrogens is 380 g/mol. The van der Waals surface area contributed by atoms with Crippen molar-refractivity contribution in [3.63, 3.8) is 0 Å². The van der Waals surface area contributed by atoms with Crippen LogP contribution in [-0.4, -0.2) is 19.3 Å². The number of allylic oxidation sites excluding steroid dienone is 2. The van der Waals surface area contributed by atoms with E-state index in [0.29, 0.717) is 10.6 Å². The zero-order valence-electron chi connectivity index (χ0n) is 14.4. The van der Waals surface area contributed by atoms with Crippen molar-refractivity contribution in [3.8, 4) is 18.4 Å². The van der Waals surface area contributed by atoms with Crippen LogP contribution in [0.15, 0.2) is 83.8 Å². The Balaban J connectivity index is 2.76. The van der Waals surface area contributed by atoms with Crippen molar-refractivity contribution in [1.82, 2.24) is 4.31 Å². The maximum Gasteiger partial charge on any atom is 0.244 e. The second-order valence-electron chi connectivity index (χ2n) is 5.46. The molecule has 0 aliphatic rings. The quantitative estimate of drug-likeness (QED) is 0.397. The van der Waals surface area contributed by atoms with Gasteiger partial charge in [0, 0.05) is 5.02 Å². The minimum Gasteiger partial charge on any atom is -0.207 e. The molecule has 0 bridgehead atoms. The van der Waals surface area contributed by atoms with Crippen molar-refractivity contribution < 1.29 is 8.42 Å². The summed E-state index contributed by atoms with van der Waals surface area (Å²) in [6, 6.07) is 15.7. The van der Waals surface area contributed by atoms with E-state index in [1.165, 1.54) is 24.3 Å². The Bertz CT molecular complexity index is 1030. The fraction of sp³-hybridized carbons (Fsp3) is 0.0952. The number of sulfonamides is 1. The Morgan fingerprint density at radius 3 is 2.41 bits per heavy atom. The maximum atomic E-state index is 13.3. The summed E-state index contributed by atoms with van der Waals surface area (Å²) in [5.74, 6) is 2.38. The van der Waals surface area contributed by atoms with Crippen molar-refractivity contribution in [2.45, 2.75) is 10.9 Å². The van der Waals surface area contributed by atoms with Crippen LogP contribution in [0, 0.1) is 23.7 Å². The van der Waals surface area contributed by atoms with Crippen molar-refractivity contribution in [1.29, 1.82) is 5.26 Å². The van der Waals surface area contributed by atoms with Gasteiger partial charge in [-0.25, -0.2) is 8.42 Å². The van der Waals surface area contributed by atoms with Crippen molar-refractivity contribution in [2.24, 2.45) is 0 Å². The zero-order valence-corrected chi connectivity index (χ0v) is 16.0. The molecule has 0 aliphatic heterocycles. The van der Waals surface area contributed by atoms with Crippen molar-refractivity contribution in [3.05, 3.63) is 89.5 Å². The minimum absolute atomic E-state index is 0.0770. The number of hydrogen-bond donors (Lipinski definition) is 0. The van der Waals surface area contributed by atoms with Crippen LogP contribution >= 0.6 is 11.6 Å². The van der Waals surface area contributed by atoms with E-state index in [-0.39, 0.29) is 17.0 Å². The van der Waals surface area contributed by atoms with Gasteiger partial charge < -0.3 is 0 Å². The predicted molar refractivity (Wildman–Crippen MR) is 107 cm³/mol. The zero-order chi connectivity index (χ0) is 19.9. The smallest absolute Gasteiger partial charge is 0.207 e. The largest absolute Gasteiger partial charge is 0.244 e. The molecule has 2 aromatic carbocycles. The molecular formula is C21H17ClN2O2S. The SMILES string of the molecule is C#CCN(C(/C(C#N)=C/C=C)c1ccccc1Cl)S(=O)(=O)c1ccccc1. The summed E-state index contributed by atoms with van der Waals surface area (Å²) in [5.41, 5.74) is 0.622. The highest BCUT2D eigenvalue weighted by Crippen LogP contribution is 2.36. The third-order valence-corrected chi connectivity index (χ3v) is 5.98. The van der Waals surface area contributed by atoms with Gasteiger partial charge in [0.1, 0.15) is 0 Å². The van der Waals surface area contributed by atoms with Crippen LogP contribution in [0.5, 0.6) is 0 Å². The van der Waals surface area contributed by atoms with E-state index < -0.39 is 16.1 Å². The Kier molecular flexibility index (Phi) is 6.98. The molecule has 0 radical (unpaired) electrons. The molecule has 0 saturated carbocycles. The van der Waals surface area contributed by atoms with Crippen LogP contribution in [0.3, 0.4) is 0 Å². The first-order valence-electron chi connectivity index (χ1n) is 7.94. The first-order valence-corrected chi connectivity index (χ1v) is 9.76. The van der Waals surface area contributed by atoms with Crippen molar-refractivity contribution in [2.75, 3.05) is 6.54 Å². The van der Waals surface area contributed by atoms with E-state index in [4.69, 9.17) is 18.0 Å². The molecule has 0 amide bonds. The molecule has 0 saturated heterocycles. The van der Waals surface area contributed by atoms with Gasteiger partial charge in [-0.05, 0) is 29.8 Å².